The van der Waals surface area contributed by atoms with Gasteiger partial charge in [-0.15, -0.1) is 0 Å². The summed E-state index contributed by atoms with van der Waals surface area (Å²) in [4.78, 5) is 31.4. The van der Waals surface area contributed by atoms with Crippen molar-refractivity contribution in [2.75, 3.05) is 18.4 Å². The fourth-order valence-electron chi connectivity index (χ4n) is 3.35. The smallest absolute Gasteiger partial charge is 0.244 e. The van der Waals surface area contributed by atoms with Crippen molar-refractivity contribution in [3.05, 3.63) is 59.3 Å². The largest absolute Gasteiger partial charge is 0.340 e. The average molecular weight is 366 g/mol. The molecule has 2 unspecified atom stereocenters. The van der Waals surface area contributed by atoms with Crippen LogP contribution >= 0.6 is 0 Å². The highest BCUT2D eigenvalue weighted by Gasteiger charge is 2.31. The highest BCUT2D eigenvalue weighted by atomic mass is 16.2. The first-order valence-electron chi connectivity index (χ1n) is 9.29. The number of likely N-dealkylation sites (tertiary alicyclic amines) is 1. The summed E-state index contributed by atoms with van der Waals surface area (Å²) in [5, 5.41) is 2.86. The van der Waals surface area contributed by atoms with E-state index in [1.807, 2.05) is 50.2 Å². The molecule has 27 heavy (non-hydrogen) atoms. The third kappa shape index (κ3) is 4.71. The number of hydrogen-bond acceptors (Lipinski definition) is 4. The Balaban J connectivity index is 1.63. The molecule has 0 radical (unpaired) electrons. The molecule has 0 saturated carbocycles. The van der Waals surface area contributed by atoms with Crippen LogP contribution in [0.25, 0.3) is 0 Å². The van der Waals surface area contributed by atoms with Gasteiger partial charge in [0.15, 0.2) is 0 Å². The maximum absolute atomic E-state index is 12.8. The van der Waals surface area contributed by atoms with Crippen molar-refractivity contribution in [3.63, 3.8) is 0 Å². The Labute approximate surface area is 159 Å². The molecule has 3 rings (SSSR count). The molecule has 0 spiro atoms. The van der Waals surface area contributed by atoms with Crippen LogP contribution in [-0.2, 0) is 9.59 Å². The third-order valence-electron chi connectivity index (χ3n) is 4.95. The van der Waals surface area contributed by atoms with Crippen LogP contribution in [-0.4, -0.2) is 34.8 Å². The molecule has 142 valence electrons. The van der Waals surface area contributed by atoms with Crippen molar-refractivity contribution in [2.24, 2.45) is 11.7 Å². The number of carbonyl (C=O) groups excluding carboxylic acids is 2. The lowest BCUT2D eigenvalue weighted by molar-refractivity contribution is -0.136. The van der Waals surface area contributed by atoms with E-state index in [0.29, 0.717) is 18.9 Å². The van der Waals surface area contributed by atoms with Crippen LogP contribution in [0.4, 0.5) is 5.82 Å². The van der Waals surface area contributed by atoms with Crippen molar-refractivity contribution >= 4 is 17.6 Å². The monoisotopic (exact) mass is 366 g/mol. The maximum atomic E-state index is 12.8. The molecule has 1 fully saturated rings. The van der Waals surface area contributed by atoms with Crippen LogP contribution in [0.1, 0.15) is 35.7 Å². The van der Waals surface area contributed by atoms with E-state index in [1.54, 1.807) is 11.0 Å². The maximum Gasteiger partial charge on any atom is 0.244 e. The second-order valence-corrected chi connectivity index (χ2v) is 7.17. The number of rotatable bonds is 4. The van der Waals surface area contributed by atoms with E-state index >= 15 is 0 Å². The van der Waals surface area contributed by atoms with Gasteiger partial charge in [0, 0.05) is 18.8 Å². The molecule has 1 saturated heterocycles. The first-order valence-corrected chi connectivity index (χ1v) is 9.29. The van der Waals surface area contributed by atoms with E-state index in [-0.39, 0.29) is 17.7 Å². The Bertz CT molecular complexity index is 819. The van der Waals surface area contributed by atoms with Gasteiger partial charge in [-0.1, -0.05) is 35.9 Å². The summed E-state index contributed by atoms with van der Waals surface area (Å²) in [5.41, 5.74) is 8.94. The second-order valence-electron chi connectivity index (χ2n) is 7.17. The lowest BCUT2D eigenvalue weighted by atomic mass is 9.95. The van der Waals surface area contributed by atoms with Gasteiger partial charge in [-0.3, -0.25) is 9.59 Å². The number of nitrogens with one attached hydrogen (secondary N) is 1. The first-order chi connectivity index (χ1) is 12.9. The molecule has 2 amide bonds. The Hall–Kier alpha value is -2.73. The number of hydrogen-bond donors (Lipinski definition) is 2. The van der Waals surface area contributed by atoms with Crippen LogP contribution < -0.4 is 11.1 Å². The fraction of sp³-hybridized carbons (Fsp3) is 0.381. The summed E-state index contributed by atoms with van der Waals surface area (Å²) in [6.45, 7) is 4.89. The molecule has 1 aromatic heterocycles. The molecular formula is C21H26N4O2. The van der Waals surface area contributed by atoms with E-state index in [1.165, 1.54) is 0 Å². The summed E-state index contributed by atoms with van der Waals surface area (Å²) >= 11 is 0. The molecule has 2 heterocycles. The van der Waals surface area contributed by atoms with Gasteiger partial charge in [-0.25, -0.2) is 4.98 Å². The predicted octanol–water partition coefficient (Wildman–Crippen LogP) is 2.58. The molecule has 1 aliphatic heterocycles. The van der Waals surface area contributed by atoms with Gasteiger partial charge in [0.25, 0.3) is 0 Å². The van der Waals surface area contributed by atoms with Gasteiger partial charge in [0.05, 0.1) is 5.92 Å². The summed E-state index contributed by atoms with van der Waals surface area (Å²) in [6.07, 6.45) is 1.53. The Morgan fingerprint density at radius 1 is 1.19 bits per heavy atom. The first kappa shape index (κ1) is 19.0. The van der Waals surface area contributed by atoms with E-state index in [4.69, 9.17) is 5.73 Å². The Kier molecular flexibility index (Phi) is 5.86. The van der Waals surface area contributed by atoms with Gasteiger partial charge in [0.2, 0.25) is 11.8 Å². The third-order valence-corrected chi connectivity index (χ3v) is 4.95. The van der Waals surface area contributed by atoms with E-state index < -0.39 is 6.04 Å². The molecule has 1 aliphatic rings. The van der Waals surface area contributed by atoms with Gasteiger partial charge < -0.3 is 16.0 Å². The molecule has 0 bridgehead atoms. The zero-order valence-corrected chi connectivity index (χ0v) is 15.8. The van der Waals surface area contributed by atoms with Crippen LogP contribution in [0.5, 0.6) is 0 Å². The number of nitrogens with two attached hydrogens (primary N) is 1. The van der Waals surface area contributed by atoms with Crippen LogP contribution in [0, 0.1) is 19.8 Å². The summed E-state index contributed by atoms with van der Waals surface area (Å²) in [7, 11) is 0. The SMILES string of the molecule is Cc1ccc(C(N)C(=O)N2CCCC(C(=O)Nc3cccc(C)n3)C2)cc1. The molecule has 6 nitrogen and oxygen atoms in total. The lowest BCUT2D eigenvalue weighted by Crippen LogP contribution is -2.47. The van der Waals surface area contributed by atoms with Crippen LogP contribution in [0.2, 0.25) is 0 Å². The van der Waals surface area contributed by atoms with Gasteiger partial charge in [-0.05, 0) is 44.4 Å². The van der Waals surface area contributed by atoms with Crippen molar-refractivity contribution in [1.82, 2.24) is 9.88 Å². The quantitative estimate of drug-likeness (QED) is 0.870. The van der Waals surface area contributed by atoms with Gasteiger partial charge >= 0.3 is 0 Å². The minimum absolute atomic E-state index is 0.102. The van der Waals surface area contributed by atoms with Crippen molar-refractivity contribution in [1.29, 1.82) is 0 Å². The number of pyridine rings is 1. The minimum Gasteiger partial charge on any atom is -0.340 e. The number of anilines is 1. The van der Waals surface area contributed by atoms with E-state index in [9.17, 15) is 9.59 Å². The summed E-state index contributed by atoms with van der Waals surface area (Å²) in [6, 6.07) is 12.5. The molecule has 2 atom stereocenters. The number of benzene rings is 1. The second kappa shape index (κ2) is 8.31. The Morgan fingerprint density at radius 3 is 2.63 bits per heavy atom. The number of aromatic nitrogens is 1. The Morgan fingerprint density at radius 2 is 1.93 bits per heavy atom. The number of piperidine rings is 1. The zero-order chi connectivity index (χ0) is 19.4. The van der Waals surface area contributed by atoms with Crippen LogP contribution in [0.15, 0.2) is 42.5 Å². The molecule has 6 heteroatoms. The highest BCUT2D eigenvalue weighted by Crippen LogP contribution is 2.22. The number of nitrogens with zero attached hydrogens (tertiary/aromatic N) is 2. The van der Waals surface area contributed by atoms with Crippen LogP contribution in [0.3, 0.4) is 0 Å². The molecular weight excluding hydrogens is 340 g/mol. The lowest BCUT2D eigenvalue weighted by Gasteiger charge is -2.33. The predicted molar refractivity (Wildman–Crippen MR) is 105 cm³/mol. The standard InChI is InChI=1S/C21H26N4O2/c1-14-8-10-16(11-9-14)19(22)21(27)25-12-4-6-17(13-25)20(26)24-18-7-3-5-15(2)23-18/h3,5,7-11,17,19H,4,6,12-13,22H2,1-2H3,(H,23,24,26). The summed E-state index contributed by atoms with van der Waals surface area (Å²) in [5.74, 6) is 0.0505. The molecule has 3 N–H and O–H groups in total. The van der Waals surface area contributed by atoms with E-state index in [0.717, 1.165) is 29.7 Å². The highest BCUT2D eigenvalue weighted by molar-refractivity contribution is 5.92. The minimum atomic E-state index is -0.703. The fourth-order valence-corrected chi connectivity index (χ4v) is 3.35. The van der Waals surface area contributed by atoms with Crippen molar-refractivity contribution in [3.8, 4) is 0 Å². The average Bonchev–Trinajstić information content (AvgIpc) is 2.67. The molecule has 0 aliphatic carbocycles. The molecule has 1 aromatic carbocycles. The number of carbonyl (C=O) groups is 2. The normalized spacial score (nSPS) is 18.0. The topological polar surface area (TPSA) is 88.3 Å². The number of amides is 2. The van der Waals surface area contributed by atoms with E-state index in [2.05, 4.69) is 10.3 Å². The van der Waals surface area contributed by atoms with Crippen molar-refractivity contribution < 1.29 is 9.59 Å². The number of aryl methyl sites for hydroxylation is 2. The van der Waals surface area contributed by atoms with Crippen molar-refractivity contribution in [2.45, 2.75) is 32.7 Å². The van der Waals surface area contributed by atoms with Gasteiger partial charge in [-0.2, -0.15) is 0 Å². The zero-order valence-electron chi connectivity index (χ0n) is 15.8. The van der Waals surface area contributed by atoms with Gasteiger partial charge in [0.1, 0.15) is 11.9 Å². The summed E-state index contributed by atoms with van der Waals surface area (Å²) < 4.78 is 0. The molecule has 2 aromatic rings.